The van der Waals surface area contributed by atoms with Gasteiger partial charge in [-0.1, -0.05) is 6.92 Å². The zero-order chi connectivity index (χ0) is 11.5. The van der Waals surface area contributed by atoms with Crippen molar-refractivity contribution in [3.05, 3.63) is 0 Å². The molecule has 0 radical (unpaired) electrons. The van der Waals surface area contributed by atoms with Gasteiger partial charge >= 0.3 is 0 Å². The molecule has 0 saturated carbocycles. The number of ether oxygens (including phenoxy) is 2. The lowest BCUT2D eigenvalue weighted by molar-refractivity contribution is -0.127. The van der Waals surface area contributed by atoms with Crippen molar-refractivity contribution in [2.24, 2.45) is 0 Å². The van der Waals surface area contributed by atoms with E-state index in [1.165, 1.54) is 6.92 Å². The third-order valence-electron chi connectivity index (χ3n) is 2.05. The molecule has 15 heavy (non-hydrogen) atoms. The maximum absolute atomic E-state index is 10.8. The molecule has 0 fully saturated rings. The predicted octanol–water partition coefficient (Wildman–Crippen LogP) is 1.24. The highest BCUT2D eigenvalue weighted by Gasteiger charge is 2.06. The molecule has 4 nitrogen and oxygen atoms in total. The minimum absolute atomic E-state index is 0. The van der Waals surface area contributed by atoms with E-state index in [1.807, 2.05) is 0 Å². The van der Waals surface area contributed by atoms with E-state index in [4.69, 9.17) is 9.47 Å². The van der Waals surface area contributed by atoms with Crippen LogP contribution in [0.1, 0.15) is 28.6 Å². The van der Waals surface area contributed by atoms with Crippen LogP contribution < -0.4 is 5.32 Å². The smallest absolute Gasteiger partial charge is 0.158 e. The van der Waals surface area contributed by atoms with Crippen LogP contribution in [0.4, 0.5) is 0 Å². The summed E-state index contributed by atoms with van der Waals surface area (Å²) in [5.74, 6) is 0.0723. The Morgan fingerprint density at radius 1 is 1.40 bits per heavy atom. The van der Waals surface area contributed by atoms with E-state index in [0.29, 0.717) is 13.2 Å². The first-order valence-corrected chi connectivity index (χ1v) is 5.59. The number of carbonyl (C=O) groups excluding carboxylic acids is 1. The number of nitrogens with one attached hydrogen (secondary N) is 1. The first-order valence-electron chi connectivity index (χ1n) is 5.59. The standard InChI is InChI=1S/C11H23NO3.H2/c1-4-12-6-9-14-7-5-8-15-11(3)10(2)13;/h11-12H,4-9H2,1-3H3;1H/t11-;/m1./s1. The summed E-state index contributed by atoms with van der Waals surface area (Å²) in [5, 5.41) is 3.17. The topological polar surface area (TPSA) is 47.6 Å². The molecular formula is C11H25NO3. The van der Waals surface area contributed by atoms with Gasteiger partial charge < -0.3 is 14.8 Å². The number of rotatable bonds is 10. The lowest BCUT2D eigenvalue weighted by atomic mass is 10.3. The second kappa shape index (κ2) is 10.1. The summed E-state index contributed by atoms with van der Waals surface area (Å²) in [6, 6.07) is 0. The van der Waals surface area contributed by atoms with Gasteiger partial charge in [0.15, 0.2) is 5.78 Å². The largest absolute Gasteiger partial charge is 0.380 e. The van der Waals surface area contributed by atoms with Gasteiger partial charge in [-0.15, -0.1) is 0 Å². The van der Waals surface area contributed by atoms with Crippen molar-refractivity contribution in [1.82, 2.24) is 5.32 Å². The Hall–Kier alpha value is -0.450. The van der Waals surface area contributed by atoms with Gasteiger partial charge in [0.05, 0.1) is 6.61 Å². The SMILES string of the molecule is CCNCCOCCCO[C@H](C)C(C)=O.[HH]. The zero-order valence-electron chi connectivity index (χ0n) is 10.0. The zero-order valence-corrected chi connectivity index (χ0v) is 10.0. The molecule has 0 heterocycles. The second-order valence-corrected chi connectivity index (χ2v) is 3.44. The molecule has 0 unspecified atom stereocenters. The number of Topliss-reactive ketones (excluding diaryl/α,β-unsaturated/α-hetero) is 1. The molecule has 0 aromatic heterocycles. The number of hydrogen-bond donors (Lipinski definition) is 1. The molecule has 0 aliphatic rings. The van der Waals surface area contributed by atoms with E-state index in [9.17, 15) is 4.79 Å². The third-order valence-corrected chi connectivity index (χ3v) is 2.05. The van der Waals surface area contributed by atoms with Crippen LogP contribution in [0, 0.1) is 0 Å². The van der Waals surface area contributed by atoms with Gasteiger partial charge in [0.2, 0.25) is 0 Å². The van der Waals surface area contributed by atoms with Crippen molar-refractivity contribution in [2.45, 2.75) is 33.3 Å². The van der Waals surface area contributed by atoms with E-state index >= 15 is 0 Å². The summed E-state index contributed by atoms with van der Waals surface area (Å²) in [5.41, 5.74) is 0. The van der Waals surface area contributed by atoms with Crippen LogP contribution in [0.25, 0.3) is 0 Å². The number of ketones is 1. The van der Waals surface area contributed by atoms with Gasteiger partial charge in [-0.25, -0.2) is 0 Å². The fourth-order valence-corrected chi connectivity index (χ4v) is 0.962. The molecule has 0 saturated heterocycles. The average Bonchev–Trinajstić information content (AvgIpc) is 2.21. The summed E-state index contributed by atoms with van der Waals surface area (Å²) < 4.78 is 10.6. The second-order valence-electron chi connectivity index (χ2n) is 3.44. The first kappa shape index (κ1) is 14.6. The van der Waals surface area contributed by atoms with Gasteiger partial charge in [-0.3, -0.25) is 4.79 Å². The summed E-state index contributed by atoms with van der Waals surface area (Å²) in [6.45, 7) is 9.25. The van der Waals surface area contributed by atoms with Crippen molar-refractivity contribution >= 4 is 5.78 Å². The molecule has 0 amide bonds. The fourth-order valence-electron chi connectivity index (χ4n) is 0.962. The molecule has 0 aromatic carbocycles. The van der Waals surface area contributed by atoms with E-state index in [-0.39, 0.29) is 13.3 Å². The summed E-state index contributed by atoms with van der Waals surface area (Å²) >= 11 is 0. The molecule has 92 valence electrons. The molecule has 0 aliphatic heterocycles. The molecule has 0 bridgehead atoms. The Balaban J connectivity index is 0. The monoisotopic (exact) mass is 219 g/mol. The van der Waals surface area contributed by atoms with Crippen molar-refractivity contribution in [3.8, 4) is 0 Å². The highest BCUT2D eigenvalue weighted by atomic mass is 16.5. The molecule has 0 aromatic rings. The van der Waals surface area contributed by atoms with Gasteiger partial charge in [0.25, 0.3) is 0 Å². The van der Waals surface area contributed by atoms with E-state index in [2.05, 4.69) is 12.2 Å². The van der Waals surface area contributed by atoms with Crippen LogP contribution in [0.2, 0.25) is 0 Å². The average molecular weight is 219 g/mol. The van der Waals surface area contributed by atoms with Gasteiger partial charge in [-0.2, -0.15) is 0 Å². The number of likely N-dealkylation sites (N-methyl/N-ethyl adjacent to an activating group) is 1. The number of carbonyl (C=O) groups is 1. The van der Waals surface area contributed by atoms with Crippen LogP contribution in [0.5, 0.6) is 0 Å². The first-order chi connectivity index (χ1) is 7.18. The van der Waals surface area contributed by atoms with Crippen molar-refractivity contribution in [1.29, 1.82) is 0 Å². The quantitative estimate of drug-likeness (QED) is 0.562. The van der Waals surface area contributed by atoms with Crippen LogP contribution in [-0.2, 0) is 14.3 Å². The molecule has 1 atom stereocenters. The Labute approximate surface area is 93.8 Å². The predicted molar refractivity (Wildman–Crippen MR) is 62.2 cm³/mol. The summed E-state index contributed by atoms with van der Waals surface area (Å²) in [6.07, 6.45) is 0.552. The summed E-state index contributed by atoms with van der Waals surface area (Å²) in [4.78, 5) is 10.8. The van der Waals surface area contributed by atoms with Gasteiger partial charge in [0.1, 0.15) is 6.10 Å². The van der Waals surface area contributed by atoms with E-state index in [1.54, 1.807) is 6.92 Å². The van der Waals surface area contributed by atoms with Gasteiger partial charge in [0, 0.05) is 21.2 Å². The Bertz CT molecular complexity index is 167. The Morgan fingerprint density at radius 2 is 2.13 bits per heavy atom. The normalized spacial score (nSPS) is 12.7. The van der Waals surface area contributed by atoms with Crippen LogP contribution in [-0.4, -0.2) is 44.8 Å². The lowest BCUT2D eigenvalue weighted by Gasteiger charge is -2.09. The van der Waals surface area contributed by atoms with Crippen LogP contribution >= 0.6 is 0 Å². The molecule has 1 N–H and O–H groups in total. The minimum Gasteiger partial charge on any atom is -0.380 e. The highest BCUT2D eigenvalue weighted by molar-refractivity contribution is 5.79. The maximum Gasteiger partial charge on any atom is 0.158 e. The molecule has 0 aliphatic carbocycles. The minimum atomic E-state index is -0.285. The Morgan fingerprint density at radius 3 is 2.73 bits per heavy atom. The molecule has 0 rings (SSSR count). The molecule has 0 spiro atoms. The fraction of sp³-hybridized carbons (Fsp3) is 0.909. The lowest BCUT2D eigenvalue weighted by Crippen LogP contribution is -2.20. The maximum atomic E-state index is 10.8. The van der Waals surface area contributed by atoms with Crippen molar-refractivity contribution in [3.63, 3.8) is 0 Å². The van der Waals surface area contributed by atoms with Crippen LogP contribution in [0.15, 0.2) is 0 Å². The van der Waals surface area contributed by atoms with E-state index < -0.39 is 0 Å². The van der Waals surface area contributed by atoms with E-state index in [0.717, 1.165) is 26.1 Å². The Kier molecular flexibility index (Phi) is 9.78. The molecule has 4 heteroatoms. The van der Waals surface area contributed by atoms with Crippen LogP contribution in [0.3, 0.4) is 0 Å². The highest BCUT2D eigenvalue weighted by Crippen LogP contribution is 1.94. The number of hydrogen-bond acceptors (Lipinski definition) is 4. The third kappa shape index (κ3) is 9.85. The summed E-state index contributed by atoms with van der Waals surface area (Å²) in [7, 11) is 0. The van der Waals surface area contributed by atoms with Crippen molar-refractivity contribution in [2.75, 3.05) is 32.9 Å². The molecular weight excluding hydrogens is 194 g/mol. The van der Waals surface area contributed by atoms with Gasteiger partial charge in [-0.05, 0) is 26.8 Å². The van der Waals surface area contributed by atoms with Crippen molar-refractivity contribution < 1.29 is 15.7 Å².